The highest BCUT2D eigenvalue weighted by Crippen LogP contribution is 2.19. The Kier molecular flexibility index (Phi) is 2.72. The molecular weight excluding hydrogens is 216 g/mol. The van der Waals surface area contributed by atoms with Crippen LogP contribution in [-0.4, -0.2) is 11.8 Å². The molecule has 4 heteroatoms. The van der Waals surface area contributed by atoms with Crippen molar-refractivity contribution >= 4 is 17.5 Å². The van der Waals surface area contributed by atoms with Crippen molar-refractivity contribution in [3.8, 4) is 17.9 Å². The molecule has 0 aliphatic carbocycles. The molecule has 0 saturated carbocycles. The molecule has 2 rings (SSSR count). The van der Waals surface area contributed by atoms with E-state index >= 15 is 0 Å². The Bertz CT molecular complexity index is 609. The fourth-order valence-corrected chi connectivity index (χ4v) is 1.48. The minimum atomic E-state index is -0.375. The van der Waals surface area contributed by atoms with E-state index in [0.717, 1.165) is 4.90 Å². The first-order valence-electron chi connectivity index (χ1n) is 4.78. The van der Waals surface area contributed by atoms with Gasteiger partial charge in [0.15, 0.2) is 6.07 Å². The standard InChI is InChI=1S/C13H6N2O2/c14-8-2-4-10-3-1-5-11(9-10)15-12(16)6-7-13(15)17/h1,3,5-7,9H. The fraction of sp³-hybridized carbons (Fsp3) is 0. The second kappa shape index (κ2) is 4.34. The van der Waals surface area contributed by atoms with Crippen molar-refractivity contribution in [1.82, 2.24) is 0 Å². The molecule has 1 aromatic carbocycles. The van der Waals surface area contributed by atoms with Crippen molar-refractivity contribution in [2.45, 2.75) is 0 Å². The summed E-state index contributed by atoms with van der Waals surface area (Å²) >= 11 is 0. The molecule has 2 amide bonds. The van der Waals surface area contributed by atoms with Crippen LogP contribution in [0.2, 0.25) is 0 Å². The van der Waals surface area contributed by atoms with Gasteiger partial charge in [-0.2, -0.15) is 5.26 Å². The van der Waals surface area contributed by atoms with Crippen LogP contribution in [0.4, 0.5) is 5.69 Å². The van der Waals surface area contributed by atoms with E-state index in [0.29, 0.717) is 11.3 Å². The molecule has 0 radical (unpaired) electrons. The van der Waals surface area contributed by atoms with Crippen LogP contribution in [0, 0.1) is 23.2 Å². The summed E-state index contributed by atoms with van der Waals surface area (Å²) in [6.45, 7) is 0. The predicted octanol–water partition coefficient (Wildman–Crippen LogP) is 0.991. The SMILES string of the molecule is N#CC#Cc1cccc(N2C(=O)C=CC2=O)c1. The van der Waals surface area contributed by atoms with Crippen molar-refractivity contribution in [3.63, 3.8) is 0 Å². The predicted molar refractivity (Wildman–Crippen MR) is 60.6 cm³/mol. The normalized spacial score (nSPS) is 13.2. The zero-order valence-corrected chi connectivity index (χ0v) is 8.68. The van der Waals surface area contributed by atoms with Crippen LogP contribution >= 0.6 is 0 Å². The van der Waals surface area contributed by atoms with E-state index in [1.54, 1.807) is 30.3 Å². The Hall–Kier alpha value is -2.85. The van der Waals surface area contributed by atoms with E-state index in [-0.39, 0.29) is 11.8 Å². The van der Waals surface area contributed by atoms with Crippen molar-refractivity contribution < 1.29 is 9.59 Å². The second-order valence-corrected chi connectivity index (χ2v) is 3.26. The van der Waals surface area contributed by atoms with Gasteiger partial charge in [0.05, 0.1) is 5.69 Å². The van der Waals surface area contributed by atoms with E-state index in [1.807, 2.05) is 0 Å². The molecule has 1 heterocycles. The summed E-state index contributed by atoms with van der Waals surface area (Å²) in [6, 6.07) is 8.31. The van der Waals surface area contributed by atoms with E-state index in [4.69, 9.17) is 5.26 Å². The molecule has 0 bridgehead atoms. The maximum Gasteiger partial charge on any atom is 0.258 e. The maximum absolute atomic E-state index is 11.4. The van der Waals surface area contributed by atoms with Crippen LogP contribution in [0.5, 0.6) is 0 Å². The van der Waals surface area contributed by atoms with Crippen molar-refractivity contribution in [3.05, 3.63) is 42.0 Å². The molecule has 0 spiro atoms. The molecular formula is C13H6N2O2. The molecule has 1 aliphatic heterocycles. The van der Waals surface area contributed by atoms with Crippen molar-refractivity contribution in [1.29, 1.82) is 5.26 Å². The highest BCUT2D eigenvalue weighted by atomic mass is 16.2. The molecule has 0 unspecified atom stereocenters. The summed E-state index contributed by atoms with van der Waals surface area (Å²) in [5, 5.41) is 8.34. The van der Waals surface area contributed by atoms with Gasteiger partial charge in [0.1, 0.15) is 0 Å². The minimum absolute atomic E-state index is 0.375. The molecule has 1 aromatic rings. The minimum Gasteiger partial charge on any atom is -0.269 e. The summed E-state index contributed by atoms with van der Waals surface area (Å²) in [4.78, 5) is 23.9. The molecule has 0 aromatic heterocycles. The number of nitrogens with zero attached hydrogens (tertiary/aromatic N) is 2. The van der Waals surface area contributed by atoms with Gasteiger partial charge in [0.25, 0.3) is 11.8 Å². The highest BCUT2D eigenvalue weighted by Gasteiger charge is 2.24. The largest absolute Gasteiger partial charge is 0.269 e. The summed E-state index contributed by atoms with van der Waals surface area (Å²) in [5.41, 5.74) is 1.03. The number of rotatable bonds is 1. The van der Waals surface area contributed by atoms with Gasteiger partial charge in [-0.3, -0.25) is 9.59 Å². The number of hydrogen-bond donors (Lipinski definition) is 0. The molecule has 0 N–H and O–H groups in total. The number of benzene rings is 1. The Morgan fingerprint density at radius 3 is 2.47 bits per heavy atom. The summed E-state index contributed by atoms with van der Waals surface area (Å²) in [6.07, 6.45) is 2.44. The van der Waals surface area contributed by atoms with Gasteiger partial charge in [-0.1, -0.05) is 12.0 Å². The fourth-order valence-electron chi connectivity index (χ4n) is 1.48. The van der Waals surface area contributed by atoms with Crippen molar-refractivity contribution in [2.75, 3.05) is 4.90 Å². The van der Waals surface area contributed by atoms with E-state index in [9.17, 15) is 9.59 Å². The quantitative estimate of drug-likeness (QED) is 0.526. The number of carbonyl (C=O) groups excluding carboxylic acids is 2. The number of anilines is 1. The zero-order valence-electron chi connectivity index (χ0n) is 8.68. The number of imide groups is 1. The smallest absolute Gasteiger partial charge is 0.258 e. The van der Waals surface area contributed by atoms with Crippen LogP contribution < -0.4 is 4.90 Å². The lowest BCUT2D eigenvalue weighted by atomic mass is 10.2. The van der Waals surface area contributed by atoms with Gasteiger partial charge in [-0.05, 0) is 18.2 Å². The lowest BCUT2D eigenvalue weighted by Gasteiger charge is -2.13. The van der Waals surface area contributed by atoms with Crippen LogP contribution in [0.15, 0.2) is 36.4 Å². The number of nitriles is 1. The molecule has 0 fully saturated rings. The highest BCUT2D eigenvalue weighted by molar-refractivity contribution is 6.28. The monoisotopic (exact) mass is 222 g/mol. The average Bonchev–Trinajstić information content (AvgIpc) is 2.67. The molecule has 17 heavy (non-hydrogen) atoms. The Balaban J connectivity index is 2.38. The van der Waals surface area contributed by atoms with Gasteiger partial charge in [0.2, 0.25) is 0 Å². The van der Waals surface area contributed by atoms with Crippen LogP contribution in [0.25, 0.3) is 0 Å². The van der Waals surface area contributed by atoms with Crippen molar-refractivity contribution in [2.24, 2.45) is 0 Å². The first-order chi connectivity index (χ1) is 8.22. The number of hydrogen-bond acceptors (Lipinski definition) is 3. The average molecular weight is 222 g/mol. The molecule has 4 nitrogen and oxygen atoms in total. The van der Waals surface area contributed by atoms with Gasteiger partial charge in [0, 0.05) is 23.6 Å². The van der Waals surface area contributed by atoms with Gasteiger partial charge >= 0.3 is 0 Å². The zero-order chi connectivity index (χ0) is 12.3. The third-order valence-corrected chi connectivity index (χ3v) is 2.18. The van der Waals surface area contributed by atoms with Crippen LogP contribution in [0.3, 0.4) is 0 Å². The topological polar surface area (TPSA) is 61.2 Å². The third kappa shape index (κ3) is 2.06. The van der Waals surface area contributed by atoms with Crippen LogP contribution in [0.1, 0.15) is 5.56 Å². The number of carbonyl (C=O) groups is 2. The molecule has 80 valence electrons. The van der Waals surface area contributed by atoms with E-state index < -0.39 is 0 Å². The maximum atomic E-state index is 11.4. The number of amides is 2. The van der Waals surface area contributed by atoms with Gasteiger partial charge < -0.3 is 0 Å². The molecule has 0 atom stereocenters. The molecule has 0 saturated heterocycles. The first-order valence-corrected chi connectivity index (χ1v) is 4.78. The summed E-state index contributed by atoms with van der Waals surface area (Å²) in [7, 11) is 0. The lowest BCUT2D eigenvalue weighted by Crippen LogP contribution is -2.29. The summed E-state index contributed by atoms with van der Waals surface area (Å²) < 4.78 is 0. The molecule has 1 aliphatic rings. The van der Waals surface area contributed by atoms with Gasteiger partial charge in [-0.15, -0.1) is 0 Å². The second-order valence-electron chi connectivity index (χ2n) is 3.26. The van der Waals surface area contributed by atoms with E-state index in [2.05, 4.69) is 11.8 Å². The Morgan fingerprint density at radius 1 is 1.12 bits per heavy atom. The van der Waals surface area contributed by atoms with Gasteiger partial charge in [-0.25, -0.2) is 4.90 Å². The first kappa shape index (κ1) is 10.7. The summed E-state index contributed by atoms with van der Waals surface area (Å²) in [5.74, 6) is 4.11. The van der Waals surface area contributed by atoms with E-state index in [1.165, 1.54) is 12.2 Å². The Labute approximate surface area is 97.8 Å². The van der Waals surface area contributed by atoms with Crippen LogP contribution in [-0.2, 0) is 9.59 Å². The Morgan fingerprint density at radius 2 is 1.82 bits per heavy atom. The third-order valence-electron chi connectivity index (χ3n) is 2.18. The lowest BCUT2D eigenvalue weighted by molar-refractivity contribution is -0.119.